The number of pyridine rings is 1. The molecule has 0 saturated carbocycles. The molecule has 0 spiro atoms. The molecule has 0 saturated heterocycles. The molecule has 3 rings (SSSR count). The van der Waals surface area contributed by atoms with Crippen molar-refractivity contribution in [2.75, 3.05) is 5.32 Å². The molecule has 26 heavy (non-hydrogen) atoms. The van der Waals surface area contributed by atoms with E-state index < -0.39 is 0 Å². The van der Waals surface area contributed by atoms with E-state index in [4.69, 9.17) is 0 Å². The average Bonchev–Trinajstić information content (AvgIpc) is 3.11. The molecule has 2 aromatic heterocycles. The van der Waals surface area contributed by atoms with Crippen molar-refractivity contribution in [3.63, 3.8) is 0 Å². The lowest BCUT2D eigenvalue weighted by Crippen LogP contribution is -2.23. The molecule has 0 aliphatic carbocycles. The van der Waals surface area contributed by atoms with Crippen LogP contribution in [0.1, 0.15) is 29.4 Å². The van der Waals surface area contributed by atoms with E-state index in [0.29, 0.717) is 18.8 Å². The number of nitrogens with one attached hydrogen (secondary N) is 2. The van der Waals surface area contributed by atoms with Gasteiger partial charge in [0.2, 0.25) is 5.91 Å². The molecule has 0 aliphatic rings. The number of anilines is 1. The summed E-state index contributed by atoms with van der Waals surface area (Å²) in [6.07, 6.45) is 3.68. The van der Waals surface area contributed by atoms with E-state index in [1.54, 1.807) is 30.1 Å². The highest BCUT2D eigenvalue weighted by Crippen LogP contribution is 2.17. The van der Waals surface area contributed by atoms with Gasteiger partial charge in [0.1, 0.15) is 5.82 Å². The second kappa shape index (κ2) is 8.06. The SMILES string of the molecule is CCC(=O)Nc1cc(C(=O)NCc2ccncc2)nn1-c1ccccc1. The third-order valence-corrected chi connectivity index (χ3v) is 3.73. The van der Waals surface area contributed by atoms with Gasteiger partial charge in [0.25, 0.3) is 5.91 Å². The number of aromatic nitrogens is 3. The Hall–Kier alpha value is -3.48. The Morgan fingerprint density at radius 3 is 2.50 bits per heavy atom. The minimum Gasteiger partial charge on any atom is -0.347 e. The summed E-state index contributed by atoms with van der Waals surface area (Å²) >= 11 is 0. The topological polar surface area (TPSA) is 88.9 Å². The second-order valence-corrected chi connectivity index (χ2v) is 5.60. The zero-order valence-electron chi connectivity index (χ0n) is 14.3. The summed E-state index contributed by atoms with van der Waals surface area (Å²) in [5.74, 6) is -0.00794. The second-order valence-electron chi connectivity index (χ2n) is 5.60. The van der Waals surface area contributed by atoms with Crippen LogP contribution in [0.4, 0.5) is 5.82 Å². The summed E-state index contributed by atoms with van der Waals surface area (Å²) in [5, 5.41) is 9.96. The fraction of sp³-hybridized carbons (Fsp3) is 0.158. The van der Waals surface area contributed by atoms with Crippen LogP contribution >= 0.6 is 0 Å². The van der Waals surface area contributed by atoms with Gasteiger partial charge >= 0.3 is 0 Å². The fourth-order valence-electron chi connectivity index (χ4n) is 2.35. The number of nitrogens with zero attached hydrogens (tertiary/aromatic N) is 3. The van der Waals surface area contributed by atoms with E-state index in [2.05, 4.69) is 20.7 Å². The van der Waals surface area contributed by atoms with Crippen molar-refractivity contribution in [2.45, 2.75) is 19.9 Å². The van der Waals surface area contributed by atoms with Crippen molar-refractivity contribution in [3.05, 3.63) is 72.2 Å². The predicted octanol–water partition coefficient (Wildman–Crippen LogP) is 2.55. The molecule has 0 unspecified atom stereocenters. The zero-order valence-corrected chi connectivity index (χ0v) is 14.3. The van der Waals surface area contributed by atoms with E-state index in [-0.39, 0.29) is 17.5 Å². The normalized spacial score (nSPS) is 10.3. The Morgan fingerprint density at radius 1 is 1.08 bits per heavy atom. The Balaban J connectivity index is 1.83. The van der Waals surface area contributed by atoms with E-state index in [1.807, 2.05) is 42.5 Å². The van der Waals surface area contributed by atoms with Gasteiger partial charge in [-0.05, 0) is 29.8 Å². The van der Waals surface area contributed by atoms with Crippen LogP contribution < -0.4 is 10.6 Å². The van der Waals surface area contributed by atoms with Gasteiger partial charge in [0, 0.05) is 31.4 Å². The first-order chi connectivity index (χ1) is 12.7. The fourth-order valence-corrected chi connectivity index (χ4v) is 2.35. The van der Waals surface area contributed by atoms with Crippen molar-refractivity contribution >= 4 is 17.6 Å². The van der Waals surface area contributed by atoms with Crippen LogP contribution in [0, 0.1) is 0 Å². The van der Waals surface area contributed by atoms with E-state index in [1.165, 1.54) is 0 Å². The van der Waals surface area contributed by atoms with Gasteiger partial charge in [-0.2, -0.15) is 5.10 Å². The molecule has 3 aromatic rings. The number of amides is 2. The van der Waals surface area contributed by atoms with Crippen LogP contribution in [0.3, 0.4) is 0 Å². The quantitative estimate of drug-likeness (QED) is 0.716. The number of hydrogen-bond donors (Lipinski definition) is 2. The zero-order chi connectivity index (χ0) is 18.4. The largest absolute Gasteiger partial charge is 0.347 e. The summed E-state index contributed by atoms with van der Waals surface area (Å²) in [4.78, 5) is 28.2. The molecule has 0 aliphatic heterocycles. The van der Waals surface area contributed by atoms with Gasteiger partial charge < -0.3 is 10.6 Å². The van der Waals surface area contributed by atoms with Gasteiger partial charge in [0.05, 0.1) is 5.69 Å². The average molecular weight is 349 g/mol. The minimum absolute atomic E-state index is 0.147. The molecule has 132 valence electrons. The van der Waals surface area contributed by atoms with Gasteiger partial charge in [-0.3, -0.25) is 14.6 Å². The smallest absolute Gasteiger partial charge is 0.272 e. The number of rotatable bonds is 6. The standard InChI is InChI=1S/C19H19N5O2/c1-2-18(25)22-17-12-16(23-24(17)15-6-4-3-5-7-15)19(26)21-13-14-8-10-20-11-9-14/h3-12H,2,13H2,1H3,(H,21,26)(H,22,25). The lowest BCUT2D eigenvalue weighted by molar-refractivity contribution is -0.115. The number of carbonyl (C=O) groups is 2. The maximum Gasteiger partial charge on any atom is 0.272 e. The number of para-hydroxylation sites is 1. The number of hydrogen-bond acceptors (Lipinski definition) is 4. The number of carbonyl (C=O) groups excluding carboxylic acids is 2. The summed E-state index contributed by atoms with van der Waals surface area (Å²) in [6.45, 7) is 2.14. The van der Waals surface area contributed by atoms with Crippen LogP contribution in [-0.4, -0.2) is 26.6 Å². The predicted molar refractivity (Wildman–Crippen MR) is 97.9 cm³/mol. The summed E-state index contributed by atoms with van der Waals surface area (Å²) in [5.41, 5.74) is 1.93. The summed E-state index contributed by atoms with van der Waals surface area (Å²) in [7, 11) is 0. The van der Waals surface area contributed by atoms with Crippen molar-refractivity contribution in [1.29, 1.82) is 0 Å². The monoisotopic (exact) mass is 349 g/mol. The van der Waals surface area contributed by atoms with Crippen molar-refractivity contribution in [1.82, 2.24) is 20.1 Å². The molecule has 0 atom stereocenters. The minimum atomic E-state index is -0.316. The maximum absolute atomic E-state index is 12.5. The third-order valence-electron chi connectivity index (χ3n) is 3.73. The molecule has 2 heterocycles. The molecule has 1 aromatic carbocycles. The molecule has 2 amide bonds. The van der Waals surface area contributed by atoms with Gasteiger partial charge in [0.15, 0.2) is 5.69 Å². The Labute approximate surface area is 151 Å². The first kappa shape index (κ1) is 17.3. The molecule has 7 heteroatoms. The molecule has 7 nitrogen and oxygen atoms in total. The molecule has 2 N–H and O–H groups in total. The van der Waals surface area contributed by atoms with Crippen LogP contribution in [0.2, 0.25) is 0 Å². The maximum atomic E-state index is 12.5. The highest BCUT2D eigenvalue weighted by Gasteiger charge is 2.16. The molecule has 0 radical (unpaired) electrons. The molecular formula is C19H19N5O2. The highest BCUT2D eigenvalue weighted by atomic mass is 16.2. The summed E-state index contributed by atoms with van der Waals surface area (Å²) in [6, 6.07) is 14.6. The van der Waals surface area contributed by atoms with Crippen LogP contribution in [0.5, 0.6) is 0 Å². The number of benzene rings is 1. The Bertz CT molecular complexity index is 891. The Morgan fingerprint density at radius 2 is 1.81 bits per heavy atom. The lowest BCUT2D eigenvalue weighted by Gasteiger charge is -2.07. The summed E-state index contributed by atoms with van der Waals surface area (Å²) < 4.78 is 1.55. The van der Waals surface area contributed by atoms with E-state index in [0.717, 1.165) is 11.3 Å². The first-order valence-electron chi connectivity index (χ1n) is 8.30. The van der Waals surface area contributed by atoms with Gasteiger partial charge in [-0.15, -0.1) is 0 Å². The molecule has 0 fully saturated rings. The van der Waals surface area contributed by atoms with Gasteiger partial charge in [-0.25, -0.2) is 4.68 Å². The van der Waals surface area contributed by atoms with E-state index >= 15 is 0 Å². The van der Waals surface area contributed by atoms with Crippen molar-refractivity contribution < 1.29 is 9.59 Å². The van der Waals surface area contributed by atoms with Crippen LogP contribution in [0.25, 0.3) is 5.69 Å². The van der Waals surface area contributed by atoms with Crippen molar-refractivity contribution in [3.8, 4) is 5.69 Å². The van der Waals surface area contributed by atoms with Crippen LogP contribution in [-0.2, 0) is 11.3 Å². The van der Waals surface area contributed by atoms with E-state index in [9.17, 15) is 9.59 Å². The first-order valence-corrected chi connectivity index (χ1v) is 8.30. The van der Waals surface area contributed by atoms with Crippen LogP contribution in [0.15, 0.2) is 60.9 Å². The van der Waals surface area contributed by atoms with Crippen molar-refractivity contribution in [2.24, 2.45) is 0 Å². The Kier molecular flexibility index (Phi) is 5.38. The highest BCUT2D eigenvalue weighted by molar-refractivity contribution is 5.95. The molecule has 0 bridgehead atoms. The molecular weight excluding hydrogens is 330 g/mol. The van der Waals surface area contributed by atoms with Gasteiger partial charge in [-0.1, -0.05) is 25.1 Å². The lowest BCUT2D eigenvalue weighted by atomic mass is 10.2. The third kappa shape index (κ3) is 4.13.